The minimum Gasteiger partial charge on any atom is -0.444 e. The maximum atomic E-state index is 11.5. The molecule has 1 unspecified atom stereocenters. The van der Waals surface area contributed by atoms with Crippen LogP contribution in [0.25, 0.3) is 0 Å². The lowest BCUT2D eigenvalue weighted by molar-refractivity contribution is 0.0527. The Bertz CT molecular complexity index is 460. The number of carbonyl (C=O) groups is 1. The van der Waals surface area contributed by atoms with Crippen molar-refractivity contribution in [1.29, 1.82) is 0 Å². The van der Waals surface area contributed by atoms with E-state index in [1.54, 1.807) is 0 Å². The summed E-state index contributed by atoms with van der Waals surface area (Å²) < 4.78 is 6.19. The molecule has 1 amide bonds. The predicted octanol–water partition coefficient (Wildman–Crippen LogP) is 3.10. The largest absolute Gasteiger partial charge is 0.444 e. The van der Waals surface area contributed by atoms with Gasteiger partial charge in [-0.15, -0.1) is 0 Å². The molecule has 0 spiro atoms. The number of halogens is 1. The van der Waals surface area contributed by atoms with Gasteiger partial charge < -0.3 is 21.1 Å². The van der Waals surface area contributed by atoms with Gasteiger partial charge in [0.15, 0.2) is 0 Å². The molecule has 0 aliphatic rings. The number of hydrogen-bond donors (Lipinski definition) is 3. The topological polar surface area (TPSA) is 76.4 Å². The molecule has 6 heteroatoms. The maximum absolute atomic E-state index is 11.5. The van der Waals surface area contributed by atoms with Gasteiger partial charge in [-0.2, -0.15) is 0 Å². The van der Waals surface area contributed by atoms with E-state index >= 15 is 0 Å². The number of nitrogens with one attached hydrogen (secondary N) is 2. The molecule has 118 valence electrons. The van der Waals surface area contributed by atoms with Gasteiger partial charge in [-0.1, -0.05) is 22.0 Å². The summed E-state index contributed by atoms with van der Waals surface area (Å²) in [5, 5.41) is 6.08. The average molecular weight is 358 g/mol. The summed E-state index contributed by atoms with van der Waals surface area (Å²) in [5.41, 5.74) is 6.28. The molecule has 0 aliphatic heterocycles. The van der Waals surface area contributed by atoms with Crippen molar-refractivity contribution in [2.45, 2.75) is 38.8 Å². The van der Waals surface area contributed by atoms with Crippen molar-refractivity contribution < 1.29 is 9.53 Å². The number of rotatable bonds is 6. The Morgan fingerprint density at radius 1 is 1.43 bits per heavy atom. The van der Waals surface area contributed by atoms with Crippen molar-refractivity contribution >= 4 is 27.7 Å². The average Bonchev–Trinajstić information content (AvgIpc) is 2.35. The molecule has 4 N–H and O–H groups in total. The fraction of sp³-hybridized carbons (Fsp3) is 0.533. The molecular formula is C15H24BrN3O2. The van der Waals surface area contributed by atoms with Gasteiger partial charge in [0, 0.05) is 29.3 Å². The number of benzene rings is 1. The van der Waals surface area contributed by atoms with Crippen molar-refractivity contribution in [3.8, 4) is 0 Å². The van der Waals surface area contributed by atoms with Crippen molar-refractivity contribution in [2.24, 2.45) is 5.73 Å². The summed E-state index contributed by atoms with van der Waals surface area (Å²) in [5.74, 6) is 0. The van der Waals surface area contributed by atoms with Crippen LogP contribution >= 0.6 is 15.9 Å². The lowest BCUT2D eigenvalue weighted by Gasteiger charge is -2.21. The van der Waals surface area contributed by atoms with Crippen LogP contribution in [-0.2, 0) is 4.74 Å². The summed E-state index contributed by atoms with van der Waals surface area (Å²) in [6.07, 6.45) is 0.322. The summed E-state index contributed by atoms with van der Waals surface area (Å²) in [4.78, 5) is 11.5. The Morgan fingerprint density at radius 3 is 2.71 bits per heavy atom. The Labute approximate surface area is 134 Å². The first-order valence-corrected chi connectivity index (χ1v) is 7.78. The zero-order valence-corrected chi connectivity index (χ0v) is 14.4. The third-order valence-electron chi connectivity index (χ3n) is 2.64. The third-order valence-corrected chi connectivity index (χ3v) is 3.13. The number of alkyl carbamates (subject to hydrolysis) is 1. The first kappa shape index (κ1) is 17.8. The molecule has 1 rings (SSSR count). The van der Waals surface area contributed by atoms with E-state index in [0.717, 1.165) is 16.6 Å². The van der Waals surface area contributed by atoms with Crippen molar-refractivity contribution in [2.75, 3.05) is 18.4 Å². The first-order valence-electron chi connectivity index (χ1n) is 6.99. The molecule has 0 radical (unpaired) electrons. The van der Waals surface area contributed by atoms with Crippen molar-refractivity contribution in [3.05, 3.63) is 28.7 Å². The van der Waals surface area contributed by atoms with E-state index in [4.69, 9.17) is 10.5 Å². The van der Waals surface area contributed by atoms with E-state index in [0.29, 0.717) is 13.1 Å². The van der Waals surface area contributed by atoms with Gasteiger partial charge in [0.1, 0.15) is 5.60 Å². The minimum absolute atomic E-state index is 0.0919. The normalized spacial score (nSPS) is 12.6. The lowest BCUT2D eigenvalue weighted by atomic mass is 10.2. The predicted molar refractivity (Wildman–Crippen MR) is 89.5 cm³/mol. The monoisotopic (exact) mass is 357 g/mol. The molecule has 0 fully saturated rings. The van der Waals surface area contributed by atoms with Crippen molar-refractivity contribution in [1.82, 2.24) is 5.32 Å². The molecule has 0 aliphatic carbocycles. The van der Waals surface area contributed by atoms with Crippen LogP contribution in [-0.4, -0.2) is 30.8 Å². The van der Waals surface area contributed by atoms with Crippen LogP contribution in [0.3, 0.4) is 0 Å². The molecule has 5 nitrogen and oxygen atoms in total. The SMILES string of the molecule is CC(C)(C)OC(=O)NCCC(CN)Nc1cccc(Br)c1. The van der Waals surface area contributed by atoms with Crippen LogP contribution in [0.2, 0.25) is 0 Å². The van der Waals surface area contributed by atoms with E-state index in [1.165, 1.54) is 0 Å². The van der Waals surface area contributed by atoms with E-state index in [9.17, 15) is 4.79 Å². The molecule has 1 aromatic rings. The molecule has 0 aromatic heterocycles. The number of ether oxygens (including phenoxy) is 1. The lowest BCUT2D eigenvalue weighted by Crippen LogP contribution is -2.37. The van der Waals surface area contributed by atoms with Gasteiger partial charge >= 0.3 is 6.09 Å². The number of hydrogen-bond acceptors (Lipinski definition) is 4. The smallest absolute Gasteiger partial charge is 0.407 e. The van der Waals surface area contributed by atoms with Crippen LogP contribution in [0, 0.1) is 0 Å². The molecule has 0 saturated carbocycles. The highest BCUT2D eigenvalue weighted by Gasteiger charge is 2.16. The first-order chi connectivity index (χ1) is 9.80. The highest BCUT2D eigenvalue weighted by Crippen LogP contribution is 2.16. The summed E-state index contributed by atoms with van der Waals surface area (Å²) in [6, 6.07) is 7.99. The number of amides is 1. The molecule has 21 heavy (non-hydrogen) atoms. The van der Waals surface area contributed by atoms with Gasteiger partial charge in [0.2, 0.25) is 0 Å². The van der Waals surface area contributed by atoms with Gasteiger partial charge in [-0.3, -0.25) is 0 Å². The zero-order chi connectivity index (χ0) is 15.9. The number of carbonyl (C=O) groups excluding carboxylic acids is 1. The Kier molecular flexibility index (Phi) is 6.98. The zero-order valence-electron chi connectivity index (χ0n) is 12.8. The third kappa shape index (κ3) is 7.92. The highest BCUT2D eigenvalue weighted by atomic mass is 79.9. The second-order valence-electron chi connectivity index (χ2n) is 5.80. The van der Waals surface area contributed by atoms with Gasteiger partial charge in [0.25, 0.3) is 0 Å². The summed E-state index contributed by atoms with van der Waals surface area (Å²) in [7, 11) is 0. The quantitative estimate of drug-likeness (QED) is 0.730. The Morgan fingerprint density at radius 2 is 2.14 bits per heavy atom. The Balaban J connectivity index is 2.36. The summed E-state index contributed by atoms with van der Waals surface area (Å²) in [6.45, 7) is 6.51. The van der Waals surface area contributed by atoms with E-state index in [1.807, 2.05) is 45.0 Å². The number of anilines is 1. The van der Waals surface area contributed by atoms with Crippen LogP contribution in [0.1, 0.15) is 27.2 Å². The van der Waals surface area contributed by atoms with E-state index < -0.39 is 11.7 Å². The van der Waals surface area contributed by atoms with E-state index in [2.05, 4.69) is 26.6 Å². The molecule has 0 heterocycles. The Hall–Kier alpha value is -1.27. The maximum Gasteiger partial charge on any atom is 0.407 e. The van der Waals surface area contributed by atoms with Crippen molar-refractivity contribution in [3.63, 3.8) is 0 Å². The van der Waals surface area contributed by atoms with E-state index in [-0.39, 0.29) is 6.04 Å². The molecular weight excluding hydrogens is 334 g/mol. The molecule has 1 atom stereocenters. The standard InChI is InChI=1S/C15H24BrN3O2/c1-15(2,3)21-14(20)18-8-7-13(10-17)19-12-6-4-5-11(16)9-12/h4-6,9,13,19H,7-8,10,17H2,1-3H3,(H,18,20). The van der Waals surface area contributed by atoms with Crippen LogP contribution < -0.4 is 16.4 Å². The second-order valence-corrected chi connectivity index (χ2v) is 6.72. The van der Waals surface area contributed by atoms with Gasteiger partial charge in [0.05, 0.1) is 0 Å². The second kappa shape index (κ2) is 8.24. The fourth-order valence-electron chi connectivity index (χ4n) is 1.73. The molecule has 0 saturated heterocycles. The number of nitrogens with two attached hydrogens (primary N) is 1. The van der Waals surface area contributed by atoms with Gasteiger partial charge in [-0.25, -0.2) is 4.79 Å². The molecule has 0 bridgehead atoms. The summed E-state index contributed by atoms with van der Waals surface area (Å²) >= 11 is 3.43. The van der Waals surface area contributed by atoms with Crippen LogP contribution in [0.4, 0.5) is 10.5 Å². The highest BCUT2D eigenvalue weighted by molar-refractivity contribution is 9.10. The fourth-order valence-corrected chi connectivity index (χ4v) is 2.12. The van der Waals surface area contributed by atoms with Crippen LogP contribution in [0.5, 0.6) is 0 Å². The molecule has 1 aromatic carbocycles. The van der Waals surface area contributed by atoms with Gasteiger partial charge in [-0.05, 0) is 45.4 Å². The van der Waals surface area contributed by atoms with Crippen LogP contribution in [0.15, 0.2) is 28.7 Å². The minimum atomic E-state index is -0.480.